The highest BCUT2D eigenvalue weighted by Crippen LogP contribution is 2.24. The fourth-order valence-corrected chi connectivity index (χ4v) is 4.04. The van der Waals surface area contributed by atoms with Crippen LogP contribution in [0.25, 0.3) is 0 Å². The Balaban J connectivity index is 1.64. The third-order valence-corrected chi connectivity index (χ3v) is 4.99. The van der Waals surface area contributed by atoms with Gasteiger partial charge >= 0.3 is 0 Å². The Hall–Kier alpha value is 0.270. The highest BCUT2D eigenvalue weighted by molar-refractivity contribution is 7.99. The van der Waals surface area contributed by atoms with Gasteiger partial charge in [0, 0.05) is 17.8 Å². The molecular formula is C14H27NOS. The highest BCUT2D eigenvalue weighted by Gasteiger charge is 2.24. The quantitative estimate of drug-likeness (QED) is 0.835. The summed E-state index contributed by atoms with van der Waals surface area (Å²) in [6.07, 6.45) is 8.79. The van der Waals surface area contributed by atoms with Crippen LogP contribution in [0, 0.1) is 0 Å². The number of thioether (sulfide) groups is 1. The van der Waals surface area contributed by atoms with Crippen LogP contribution in [0.3, 0.4) is 0 Å². The van der Waals surface area contributed by atoms with Gasteiger partial charge in [0.15, 0.2) is 0 Å². The van der Waals surface area contributed by atoms with Crippen LogP contribution in [0.15, 0.2) is 0 Å². The van der Waals surface area contributed by atoms with E-state index in [0.29, 0.717) is 12.2 Å². The maximum absolute atomic E-state index is 5.90. The van der Waals surface area contributed by atoms with E-state index in [0.717, 1.165) is 12.1 Å². The normalized spacial score (nSPS) is 35.1. The Kier molecular flexibility index (Phi) is 5.64. The van der Waals surface area contributed by atoms with Gasteiger partial charge in [0.2, 0.25) is 0 Å². The van der Waals surface area contributed by atoms with Crippen molar-refractivity contribution in [1.82, 2.24) is 5.32 Å². The molecule has 1 aliphatic carbocycles. The molecule has 2 rings (SSSR count). The number of hydrogen-bond acceptors (Lipinski definition) is 3. The van der Waals surface area contributed by atoms with Crippen LogP contribution in [0.1, 0.15) is 52.4 Å². The lowest BCUT2D eigenvalue weighted by molar-refractivity contribution is -0.0166. The van der Waals surface area contributed by atoms with Gasteiger partial charge in [0.1, 0.15) is 0 Å². The van der Waals surface area contributed by atoms with Gasteiger partial charge in [-0.15, -0.1) is 0 Å². The maximum Gasteiger partial charge on any atom is 0.0579 e. The minimum atomic E-state index is 0.388. The monoisotopic (exact) mass is 257 g/mol. The average Bonchev–Trinajstić information content (AvgIpc) is 2.32. The van der Waals surface area contributed by atoms with E-state index in [1.165, 1.54) is 50.0 Å². The molecule has 1 saturated carbocycles. The molecule has 0 aromatic carbocycles. The fraction of sp³-hybridized carbons (Fsp3) is 1.00. The van der Waals surface area contributed by atoms with E-state index < -0.39 is 0 Å². The second-order valence-corrected chi connectivity index (χ2v) is 6.89. The van der Waals surface area contributed by atoms with Crippen LogP contribution in [0.2, 0.25) is 0 Å². The standard InChI is InChI=1S/C14H27NOS/c1-11(2)16-14-7-5-12(6-8-14)15-13-4-3-9-17-10-13/h11-15H,3-10H2,1-2H3/t12?,13-,14?/m1/s1. The lowest BCUT2D eigenvalue weighted by atomic mass is 9.92. The van der Waals surface area contributed by atoms with Crippen LogP contribution in [-0.2, 0) is 4.74 Å². The van der Waals surface area contributed by atoms with Gasteiger partial charge in [-0.1, -0.05) is 0 Å². The van der Waals surface area contributed by atoms with Crippen LogP contribution >= 0.6 is 11.8 Å². The van der Waals surface area contributed by atoms with E-state index >= 15 is 0 Å². The Bertz CT molecular complexity index is 208. The minimum absolute atomic E-state index is 0.388. The van der Waals surface area contributed by atoms with Gasteiger partial charge in [-0.25, -0.2) is 0 Å². The molecule has 1 N–H and O–H groups in total. The number of nitrogens with one attached hydrogen (secondary N) is 1. The van der Waals surface area contributed by atoms with Crippen molar-refractivity contribution in [3.05, 3.63) is 0 Å². The first-order chi connectivity index (χ1) is 8.24. The predicted molar refractivity (Wildman–Crippen MR) is 75.7 cm³/mol. The first-order valence-corrected chi connectivity index (χ1v) is 8.38. The van der Waals surface area contributed by atoms with E-state index in [4.69, 9.17) is 4.74 Å². The van der Waals surface area contributed by atoms with E-state index in [2.05, 4.69) is 30.9 Å². The SMILES string of the molecule is CC(C)OC1CCC(N[C@@H]2CCCSC2)CC1. The molecule has 2 fully saturated rings. The average molecular weight is 257 g/mol. The molecule has 1 saturated heterocycles. The zero-order valence-electron chi connectivity index (χ0n) is 11.3. The molecule has 3 heteroatoms. The van der Waals surface area contributed by atoms with E-state index in [-0.39, 0.29) is 0 Å². The van der Waals surface area contributed by atoms with Crippen molar-refractivity contribution in [2.24, 2.45) is 0 Å². The van der Waals surface area contributed by atoms with Crippen LogP contribution in [0.4, 0.5) is 0 Å². The molecule has 17 heavy (non-hydrogen) atoms. The van der Waals surface area contributed by atoms with E-state index in [1.807, 2.05) is 0 Å². The third-order valence-electron chi connectivity index (χ3n) is 3.77. The molecule has 2 nitrogen and oxygen atoms in total. The summed E-state index contributed by atoms with van der Waals surface area (Å²) in [5.74, 6) is 2.69. The van der Waals surface area contributed by atoms with Crippen molar-refractivity contribution in [3.8, 4) is 0 Å². The molecule has 1 heterocycles. The second-order valence-electron chi connectivity index (χ2n) is 5.74. The Morgan fingerprint density at radius 2 is 1.82 bits per heavy atom. The van der Waals surface area contributed by atoms with Gasteiger partial charge < -0.3 is 10.1 Å². The number of hydrogen-bond donors (Lipinski definition) is 1. The van der Waals surface area contributed by atoms with Gasteiger partial charge in [-0.2, -0.15) is 11.8 Å². The predicted octanol–water partition coefficient (Wildman–Crippen LogP) is 3.21. The molecule has 0 amide bonds. The van der Waals surface area contributed by atoms with Crippen LogP contribution in [-0.4, -0.2) is 35.8 Å². The Labute approximate surface area is 110 Å². The van der Waals surface area contributed by atoms with Gasteiger partial charge in [-0.3, -0.25) is 0 Å². The molecule has 0 unspecified atom stereocenters. The zero-order valence-corrected chi connectivity index (χ0v) is 12.1. The van der Waals surface area contributed by atoms with Crippen molar-refractivity contribution >= 4 is 11.8 Å². The van der Waals surface area contributed by atoms with Crippen LogP contribution in [0.5, 0.6) is 0 Å². The van der Waals surface area contributed by atoms with Crippen molar-refractivity contribution < 1.29 is 4.74 Å². The molecule has 1 aliphatic heterocycles. The van der Waals surface area contributed by atoms with Crippen molar-refractivity contribution in [2.45, 2.75) is 76.7 Å². The highest BCUT2D eigenvalue weighted by atomic mass is 32.2. The van der Waals surface area contributed by atoms with Crippen molar-refractivity contribution in [1.29, 1.82) is 0 Å². The molecule has 0 spiro atoms. The molecule has 0 aromatic heterocycles. The summed E-state index contributed by atoms with van der Waals surface area (Å²) in [6.45, 7) is 4.28. The largest absolute Gasteiger partial charge is 0.376 e. The van der Waals surface area contributed by atoms with E-state index in [9.17, 15) is 0 Å². The van der Waals surface area contributed by atoms with Crippen molar-refractivity contribution in [3.63, 3.8) is 0 Å². The van der Waals surface area contributed by atoms with Crippen LogP contribution < -0.4 is 5.32 Å². The Morgan fingerprint density at radius 1 is 1.06 bits per heavy atom. The lowest BCUT2D eigenvalue weighted by Crippen LogP contribution is -2.44. The van der Waals surface area contributed by atoms with Gasteiger partial charge in [0.05, 0.1) is 12.2 Å². The first-order valence-electron chi connectivity index (χ1n) is 7.23. The van der Waals surface area contributed by atoms with E-state index in [1.54, 1.807) is 0 Å². The minimum Gasteiger partial charge on any atom is -0.376 e. The molecule has 0 radical (unpaired) electrons. The molecular weight excluding hydrogens is 230 g/mol. The molecule has 100 valence electrons. The second kappa shape index (κ2) is 7.01. The van der Waals surface area contributed by atoms with Gasteiger partial charge in [0.25, 0.3) is 0 Å². The smallest absolute Gasteiger partial charge is 0.0579 e. The third kappa shape index (κ3) is 4.80. The lowest BCUT2D eigenvalue weighted by Gasteiger charge is -2.34. The first kappa shape index (κ1) is 13.7. The molecule has 0 aromatic rings. The number of rotatable bonds is 4. The summed E-state index contributed by atoms with van der Waals surface area (Å²) in [7, 11) is 0. The molecule has 2 aliphatic rings. The fourth-order valence-electron chi connectivity index (χ4n) is 2.96. The molecule has 1 atom stereocenters. The summed E-state index contributed by atoms with van der Waals surface area (Å²) in [4.78, 5) is 0. The zero-order chi connectivity index (χ0) is 12.1. The number of ether oxygens (including phenoxy) is 1. The van der Waals surface area contributed by atoms with Gasteiger partial charge in [-0.05, 0) is 58.1 Å². The molecule has 0 bridgehead atoms. The summed E-state index contributed by atoms with van der Waals surface area (Å²) in [5, 5.41) is 3.86. The summed E-state index contributed by atoms with van der Waals surface area (Å²) in [6, 6.07) is 1.53. The maximum atomic E-state index is 5.90. The Morgan fingerprint density at radius 3 is 2.41 bits per heavy atom. The topological polar surface area (TPSA) is 21.3 Å². The summed E-state index contributed by atoms with van der Waals surface area (Å²) in [5.41, 5.74) is 0. The summed E-state index contributed by atoms with van der Waals surface area (Å²) < 4.78 is 5.90. The summed E-state index contributed by atoms with van der Waals surface area (Å²) >= 11 is 2.11. The van der Waals surface area contributed by atoms with Crippen molar-refractivity contribution in [2.75, 3.05) is 11.5 Å².